The highest BCUT2D eigenvalue weighted by atomic mass is 16.2. The summed E-state index contributed by atoms with van der Waals surface area (Å²) < 4.78 is 0. The summed E-state index contributed by atoms with van der Waals surface area (Å²) in [5.41, 5.74) is 4.58. The molecule has 2 aliphatic carbocycles. The van der Waals surface area contributed by atoms with E-state index in [0.717, 1.165) is 11.8 Å². The molecule has 0 aromatic heterocycles. The molecule has 1 N–H and O–H groups in total. The third-order valence-electron chi connectivity index (χ3n) is 5.06. The van der Waals surface area contributed by atoms with Gasteiger partial charge in [-0.2, -0.15) is 5.10 Å². The van der Waals surface area contributed by atoms with Crippen molar-refractivity contribution in [3.8, 4) is 0 Å². The van der Waals surface area contributed by atoms with Crippen molar-refractivity contribution in [1.82, 2.24) is 5.43 Å². The van der Waals surface area contributed by atoms with Crippen LogP contribution in [-0.4, -0.2) is 12.1 Å². The minimum absolute atomic E-state index is 0.121. The number of nitrogens with zero attached hydrogens (tertiary/aromatic N) is 1. The van der Waals surface area contributed by atoms with Crippen LogP contribution < -0.4 is 5.43 Å². The molecule has 3 rings (SSSR count). The molecule has 0 radical (unpaired) electrons. The molecule has 3 heteroatoms. The Balaban J connectivity index is 1.54. The van der Waals surface area contributed by atoms with E-state index in [1.165, 1.54) is 31.2 Å². The smallest absolute Gasteiger partial charge is 0.267 e. The van der Waals surface area contributed by atoms with Crippen molar-refractivity contribution in [3.05, 3.63) is 35.4 Å². The molecule has 1 amide bonds. The number of hydrogen-bond acceptors (Lipinski definition) is 2. The SMILES string of the molecule is CC(C)c1ccc(C(=O)NN=CC2CC3CCC2C3)cc1. The summed E-state index contributed by atoms with van der Waals surface area (Å²) >= 11 is 0. The van der Waals surface area contributed by atoms with Gasteiger partial charge in [-0.25, -0.2) is 5.43 Å². The average molecular weight is 284 g/mol. The van der Waals surface area contributed by atoms with E-state index in [1.54, 1.807) is 0 Å². The molecule has 0 aliphatic heterocycles. The monoisotopic (exact) mass is 284 g/mol. The first-order valence-corrected chi connectivity index (χ1v) is 8.07. The number of hydrogen-bond donors (Lipinski definition) is 1. The normalized spacial score (nSPS) is 27.7. The summed E-state index contributed by atoms with van der Waals surface area (Å²) in [6.45, 7) is 4.30. The van der Waals surface area contributed by atoms with Crippen LogP contribution in [0.3, 0.4) is 0 Å². The highest BCUT2D eigenvalue weighted by molar-refractivity contribution is 5.94. The lowest BCUT2D eigenvalue weighted by atomic mass is 9.90. The maximum Gasteiger partial charge on any atom is 0.271 e. The predicted molar refractivity (Wildman–Crippen MR) is 85.4 cm³/mol. The zero-order chi connectivity index (χ0) is 14.8. The Bertz CT molecular complexity index is 533. The lowest BCUT2D eigenvalue weighted by Crippen LogP contribution is -2.20. The molecule has 0 spiro atoms. The minimum atomic E-state index is -0.121. The second kappa shape index (κ2) is 6.00. The molecule has 2 bridgehead atoms. The second-order valence-electron chi connectivity index (χ2n) is 6.83. The van der Waals surface area contributed by atoms with Gasteiger partial charge in [0.1, 0.15) is 0 Å². The molecule has 2 saturated carbocycles. The molecule has 3 unspecified atom stereocenters. The standard InChI is InChI=1S/C18H24N2O/c1-12(2)14-5-7-15(8-6-14)18(21)20-19-11-17-10-13-3-4-16(17)9-13/h5-8,11-13,16-17H,3-4,9-10H2,1-2H3,(H,20,21). The van der Waals surface area contributed by atoms with Gasteiger partial charge in [0.15, 0.2) is 0 Å². The van der Waals surface area contributed by atoms with Crippen LogP contribution in [0.15, 0.2) is 29.4 Å². The maximum atomic E-state index is 12.0. The quantitative estimate of drug-likeness (QED) is 0.660. The topological polar surface area (TPSA) is 41.5 Å². The van der Waals surface area contributed by atoms with E-state index < -0.39 is 0 Å². The number of rotatable bonds is 4. The fourth-order valence-electron chi connectivity index (χ4n) is 3.75. The molecule has 0 heterocycles. The minimum Gasteiger partial charge on any atom is -0.267 e. The zero-order valence-electron chi connectivity index (χ0n) is 12.9. The van der Waals surface area contributed by atoms with Crippen LogP contribution >= 0.6 is 0 Å². The molecule has 112 valence electrons. The molecular weight excluding hydrogens is 260 g/mol. The van der Waals surface area contributed by atoms with E-state index in [-0.39, 0.29) is 5.91 Å². The molecule has 2 aliphatic rings. The number of fused-ring (bicyclic) bond motifs is 2. The van der Waals surface area contributed by atoms with Crippen molar-refractivity contribution in [2.45, 2.75) is 45.4 Å². The molecule has 1 aromatic rings. The van der Waals surface area contributed by atoms with Crippen molar-refractivity contribution < 1.29 is 4.79 Å². The Hall–Kier alpha value is -1.64. The van der Waals surface area contributed by atoms with Crippen molar-refractivity contribution >= 4 is 12.1 Å². The Morgan fingerprint density at radius 1 is 1.24 bits per heavy atom. The van der Waals surface area contributed by atoms with Gasteiger partial charge in [-0.1, -0.05) is 32.4 Å². The van der Waals surface area contributed by atoms with Crippen molar-refractivity contribution in [2.24, 2.45) is 22.9 Å². The maximum absolute atomic E-state index is 12.0. The highest BCUT2D eigenvalue weighted by Gasteiger charge is 2.38. The molecule has 1 aromatic carbocycles. The lowest BCUT2D eigenvalue weighted by molar-refractivity contribution is 0.0955. The fraction of sp³-hybridized carbons (Fsp3) is 0.556. The summed E-state index contributed by atoms with van der Waals surface area (Å²) in [5, 5.41) is 4.18. The van der Waals surface area contributed by atoms with E-state index in [1.807, 2.05) is 30.5 Å². The van der Waals surface area contributed by atoms with E-state index in [2.05, 4.69) is 24.4 Å². The van der Waals surface area contributed by atoms with Crippen LogP contribution in [0.25, 0.3) is 0 Å². The van der Waals surface area contributed by atoms with E-state index in [0.29, 0.717) is 17.4 Å². The summed E-state index contributed by atoms with van der Waals surface area (Å²) in [6.07, 6.45) is 7.31. The first-order chi connectivity index (χ1) is 10.1. The van der Waals surface area contributed by atoms with Gasteiger partial charge < -0.3 is 0 Å². The predicted octanol–water partition coefficient (Wildman–Crippen LogP) is 3.96. The van der Waals surface area contributed by atoms with Crippen molar-refractivity contribution in [1.29, 1.82) is 0 Å². The number of nitrogens with one attached hydrogen (secondary N) is 1. The molecule has 21 heavy (non-hydrogen) atoms. The van der Waals surface area contributed by atoms with Crippen LogP contribution in [0, 0.1) is 17.8 Å². The number of carbonyl (C=O) groups is 1. The summed E-state index contributed by atoms with van der Waals surface area (Å²) in [7, 11) is 0. The lowest BCUT2D eigenvalue weighted by Gasteiger charge is -2.16. The van der Waals surface area contributed by atoms with Gasteiger partial charge in [-0.3, -0.25) is 4.79 Å². The number of hydrazone groups is 1. The third-order valence-corrected chi connectivity index (χ3v) is 5.06. The number of benzene rings is 1. The summed E-state index contributed by atoms with van der Waals surface area (Å²) in [4.78, 5) is 12.0. The largest absolute Gasteiger partial charge is 0.271 e. The first kappa shape index (κ1) is 14.3. The molecule has 3 atom stereocenters. The van der Waals surface area contributed by atoms with Crippen LogP contribution in [0.2, 0.25) is 0 Å². The van der Waals surface area contributed by atoms with Gasteiger partial charge in [-0.05, 0) is 60.6 Å². The Labute approximate surface area is 126 Å². The van der Waals surface area contributed by atoms with E-state index in [9.17, 15) is 4.79 Å². The molecule has 3 nitrogen and oxygen atoms in total. The third kappa shape index (κ3) is 3.17. The fourth-order valence-corrected chi connectivity index (χ4v) is 3.75. The molecular formula is C18H24N2O. The van der Waals surface area contributed by atoms with Gasteiger partial charge in [0.2, 0.25) is 0 Å². The summed E-state index contributed by atoms with van der Waals surface area (Å²) in [6, 6.07) is 7.77. The van der Waals surface area contributed by atoms with Crippen LogP contribution in [-0.2, 0) is 0 Å². The van der Waals surface area contributed by atoms with Crippen LogP contribution in [0.5, 0.6) is 0 Å². The van der Waals surface area contributed by atoms with Crippen molar-refractivity contribution in [3.63, 3.8) is 0 Å². The van der Waals surface area contributed by atoms with Gasteiger partial charge in [0.25, 0.3) is 5.91 Å². The van der Waals surface area contributed by atoms with Gasteiger partial charge in [0, 0.05) is 11.8 Å². The highest BCUT2D eigenvalue weighted by Crippen LogP contribution is 2.47. The number of amides is 1. The van der Waals surface area contributed by atoms with E-state index >= 15 is 0 Å². The average Bonchev–Trinajstić information content (AvgIpc) is 3.10. The van der Waals surface area contributed by atoms with Gasteiger partial charge >= 0.3 is 0 Å². The Morgan fingerprint density at radius 2 is 2.00 bits per heavy atom. The second-order valence-corrected chi connectivity index (χ2v) is 6.83. The Morgan fingerprint density at radius 3 is 2.57 bits per heavy atom. The van der Waals surface area contributed by atoms with Crippen LogP contribution in [0.4, 0.5) is 0 Å². The summed E-state index contributed by atoms with van der Waals surface area (Å²) in [5.74, 6) is 2.65. The Kier molecular flexibility index (Phi) is 4.09. The van der Waals surface area contributed by atoms with Gasteiger partial charge in [0.05, 0.1) is 0 Å². The first-order valence-electron chi connectivity index (χ1n) is 8.07. The molecule has 2 fully saturated rings. The zero-order valence-corrected chi connectivity index (χ0v) is 12.9. The van der Waals surface area contributed by atoms with Gasteiger partial charge in [-0.15, -0.1) is 0 Å². The number of carbonyl (C=O) groups excluding carboxylic acids is 1. The van der Waals surface area contributed by atoms with Crippen molar-refractivity contribution in [2.75, 3.05) is 0 Å². The molecule has 0 saturated heterocycles. The van der Waals surface area contributed by atoms with Crippen LogP contribution in [0.1, 0.15) is 61.4 Å². The van der Waals surface area contributed by atoms with E-state index in [4.69, 9.17) is 0 Å².